The summed E-state index contributed by atoms with van der Waals surface area (Å²) in [6.07, 6.45) is 6.95. The molecule has 12 heteroatoms. The quantitative estimate of drug-likeness (QED) is 0.560. The fourth-order valence-corrected chi connectivity index (χ4v) is 4.55. The Kier molecular flexibility index (Phi) is 6.37. The second-order valence-corrected chi connectivity index (χ2v) is 9.33. The van der Waals surface area contributed by atoms with Crippen molar-refractivity contribution in [2.45, 2.75) is 45.4 Å². The molecule has 3 fully saturated rings. The van der Waals surface area contributed by atoms with Gasteiger partial charge in [0, 0.05) is 32.4 Å². The number of ether oxygens (including phenoxy) is 1. The molecule has 2 amide bonds. The summed E-state index contributed by atoms with van der Waals surface area (Å²) in [5.41, 5.74) is 0.849. The van der Waals surface area contributed by atoms with E-state index in [9.17, 15) is 9.59 Å². The zero-order chi connectivity index (χ0) is 24.5. The van der Waals surface area contributed by atoms with Gasteiger partial charge in [0.1, 0.15) is 12.4 Å². The Balaban J connectivity index is 1.21. The average Bonchev–Trinajstić information content (AvgIpc) is 3.46. The number of carbonyl (C=O) groups excluding carboxylic acids is 2. The molecule has 2 saturated heterocycles. The Morgan fingerprint density at radius 1 is 1.26 bits per heavy atom. The van der Waals surface area contributed by atoms with E-state index in [1.807, 2.05) is 22.6 Å². The molecule has 0 bridgehead atoms. The van der Waals surface area contributed by atoms with Crippen LogP contribution in [0.5, 0.6) is 0 Å². The maximum Gasteiger partial charge on any atom is 0.417 e. The molecule has 2 aromatic rings. The first-order chi connectivity index (χ1) is 16.9. The van der Waals surface area contributed by atoms with E-state index >= 15 is 0 Å². The number of amides is 2. The molecule has 4 heterocycles. The van der Waals surface area contributed by atoms with Crippen LogP contribution in [0, 0.1) is 12.8 Å². The summed E-state index contributed by atoms with van der Waals surface area (Å²) in [4.78, 5) is 47.7. The highest BCUT2D eigenvalue weighted by Crippen LogP contribution is 2.39. The van der Waals surface area contributed by atoms with Crippen LogP contribution < -0.4 is 10.2 Å². The maximum absolute atomic E-state index is 12.4. The zero-order valence-corrected chi connectivity index (χ0v) is 20.1. The normalized spacial score (nSPS) is 21.7. The summed E-state index contributed by atoms with van der Waals surface area (Å²) >= 11 is 0. The van der Waals surface area contributed by atoms with Gasteiger partial charge >= 0.3 is 6.09 Å². The molecule has 2 aromatic heterocycles. The number of rotatable bonds is 8. The fraction of sp³-hybridized carbons (Fsp3) is 0.565. The van der Waals surface area contributed by atoms with Crippen molar-refractivity contribution in [1.29, 1.82) is 0 Å². The van der Waals surface area contributed by atoms with E-state index in [1.54, 1.807) is 18.2 Å². The predicted molar refractivity (Wildman–Crippen MR) is 128 cm³/mol. The molecule has 1 saturated carbocycles. The number of nitrogens with one attached hydrogen (secondary N) is 1. The molecule has 1 aliphatic carbocycles. The van der Waals surface area contributed by atoms with Crippen molar-refractivity contribution in [2.75, 3.05) is 43.0 Å². The molecule has 1 N–H and O–H groups in total. The standard InChI is InChI=1S/C23H31N9O3/c1-4-20(33)31-9-7-29(8-10-31)14-30-11-18(24-13-30)15(2)25-21-26-16(3)27-22(28-21)32-19(17-5-6-17)12-35-23(32)34/h4,11,13,15,17,19H,1,5-10,12,14H2,2-3H3,(H,25,26,27,28)/t15-,19?/m0/s1. The van der Waals surface area contributed by atoms with E-state index in [0.29, 0.717) is 50.0 Å². The molecule has 5 rings (SSSR count). The third-order valence-electron chi connectivity index (χ3n) is 6.69. The molecule has 2 atom stereocenters. The van der Waals surface area contributed by atoms with Crippen LogP contribution in [0.15, 0.2) is 25.2 Å². The Morgan fingerprint density at radius 3 is 2.74 bits per heavy atom. The first-order valence-corrected chi connectivity index (χ1v) is 12.0. The van der Waals surface area contributed by atoms with Gasteiger partial charge in [0.15, 0.2) is 0 Å². The summed E-state index contributed by atoms with van der Waals surface area (Å²) in [6, 6.07) is -0.167. The minimum atomic E-state index is -0.403. The number of aromatic nitrogens is 5. The second kappa shape index (κ2) is 9.61. The minimum absolute atomic E-state index is 0.0120. The molecular weight excluding hydrogens is 450 g/mol. The van der Waals surface area contributed by atoms with Gasteiger partial charge in [-0.15, -0.1) is 0 Å². The monoisotopic (exact) mass is 481 g/mol. The van der Waals surface area contributed by atoms with Crippen LogP contribution in [-0.4, -0.2) is 85.1 Å². The highest BCUT2D eigenvalue weighted by atomic mass is 16.6. The van der Waals surface area contributed by atoms with Crippen molar-refractivity contribution in [2.24, 2.45) is 5.92 Å². The van der Waals surface area contributed by atoms with Gasteiger partial charge in [-0.25, -0.2) is 14.7 Å². The van der Waals surface area contributed by atoms with Crippen molar-refractivity contribution in [3.05, 3.63) is 36.7 Å². The number of imidazole rings is 1. The minimum Gasteiger partial charge on any atom is -0.447 e. The van der Waals surface area contributed by atoms with Crippen molar-refractivity contribution in [3.63, 3.8) is 0 Å². The topological polar surface area (TPSA) is 122 Å². The molecule has 3 aliphatic rings. The fourth-order valence-electron chi connectivity index (χ4n) is 4.55. The zero-order valence-electron chi connectivity index (χ0n) is 20.1. The lowest BCUT2D eigenvalue weighted by Crippen LogP contribution is -2.48. The predicted octanol–water partition coefficient (Wildman–Crippen LogP) is 1.57. The lowest BCUT2D eigenvalue weighted by molar-refractivity contribution is -0.127. The largest absolute Gasteiger partial charge is 0.447 e. The van der Waals surface area contributed by atoms with Crippen LogP contribution in [0.3, 0.4) is 0 Å². The molecule has 0 aromatic carbocycles. The maximum atomic E-state index is 12.4. The van der Waals surface area contributed by atoms with Gasteiger partial charge in [0.05, 0.1) is 30.8 Å². The van der Waals surface area contributed by atoms with E-state index < -0.39 is 6.09 Å². The van der Waals surface area contributed by atoms with Gasteiger partial charge < -0.3 is 19.5 Å². The van der Waals surface area contributed by atoms with E-state index in [2.05, 4.69) is 36.7 Å². The van der Waals surface area contributed by atoms with Crippen molar-refractivity contribution >= 4 is 23.9 Å². The highest BCUT2D eigenvalue weighted by molar-refractivity contribution is 5.88. The molecule has 35 heavy (non-hydrogen) atoms. The van der Waals surface area contributed by atoms with Gasteiger partial charge in [-0.1, -0.05) is 6.58 Å². The van der Waals surface area contributed by atoms with Gasteiger partial charge in [-0.05, 0) is 38.7 Å². The summed E-state index contributed by atoms with van der Waals surface area (Å²) in [6.45, 7) is 11.4. The summed E-state index contributed by atoms with van der Waals surface area (Å²) < 4.78 is 7.31. The molecular formula is C23H31N9O3. The highest BCUT2D eigenvalue weighted by Gasteiger charge is 2.45. The number of cyclic esters (lactones) is 1. The van der Waals surface area contributed by atoms with E-state index in [-0.39, 0.29) is 18.0 Å². The Hall–Kier alpha value is -3.54. The van der Waals surface area contributed by atoms with Crippen LogP contribution in [0.1, 0.15) is 37.3 Å². The first kappa shape index (κ1) is 23.2. The number of piperazine rings is 1. The smallest absolute Gasteiger partial charge is 0.417 e. The third-order valence-corrected chi connectivity index (χ3v) is 6.69. The number of nitrogens with zero attached hydrogens (tertiary/aromatic N) is 8. The molecule has 2 aliphatic heterocycles. The van der Waals surface area contributed by atoms with Crippen molar-refractivity contribution in [3.8, 4) is 0 Å². The van der Waals surface area contributed by atoms with Crippen molar-refractivity contribution in [1.82, 2.24) is 34.3 Å². The number of aryl methyl sites for hydroxylation is 1. The molecule has 1 unspecified atom stereocenters. The van der Waals surface area contributed by atoms with Crippen LogP contribution >= 0.6 is 0 Å². The SMILES string of the molecule is C=CC(=O)N1CCN(Cn2cnc([C@H](C)Nc3nc(C)nc(N4C(=O)OCC4C4CC4)n3)c2)CC1. The number of hydrogen-bond acceptors (Lipinski definition) is 9. The van der Waals surface area contributed by atoms with Crippen LogP contribution in [0.4, 0.5) is 16.7 Å². The average molecular weight is 482 g/mol. The number of carbonyl (C=O) groups is 2. The van der Waals surface area contributed by atoms with E-state index in [0.717, 1.165) is 31.6 Å². The Bertz CT molecular complexity index is 1110. The van der Waals surface area contributed by atoms with Gasteiger partial charge in [-0.2, -0.15) is 15.0 Å². The number of hydrogen-bond donors (Lipinski definition) is 1. The summed E-state index contributed by atoms with van der Waals surface area (Å²) in [5, 5.41) is 3.30. The molecule has 0 spiro atoms. The molecule has 12 nitrogen and oxygen atoms in total. The number of anilines is 2. The first-order valence-electron chi connectivity index (χ1n) is 12.0. The van der Waals surface area contributed by atoms with E-state index in [1.165, 1.54) is 6.08 Å². The van der Waals surface area contributed by atoms with Crippen LogP contribution in [0.2, 0.25) is 0 Å². The van der Waals surface area contributed by atoms with Crippen LogP contribution in [0.25, 0.3) is 0 Å². The third kappa shape index (κ3) is 5.11. The lowest BCUT2D eigenvalue weighted by Gasteiger charge is -2.34. The van der Waals surface area contributed by atoms with Crippen molar-refractivity contribution < 1.29 is 14.3 Å². The molecule has 0 radical (unpaired) electrons. The second-order valence-electron chi connectivity index (χ2n) is 9.33. The lowest BCUT2D eigenvalue weighted by atomic mass is 10.2. The van der Waals surface area contributed by atoms with Gasteiger partial charge in [-0.3, -0.25) is 9.69 Å². The molecule has 186 valence electrons. The Labute approximate surface area is 204 Å². The van der Waals surface area contributed by atoms with Gasteiger partial charge in [0.25, 0.3) is 0 Å². The summed E-state index contributed by atoms with van der Waals surface area (Å²) in [7, 11) is 0. The van der Waals surface area contributed by atoms with Crippen LogP contribution in [-0.2, 0) is 16.2 Å². The van der Waals surface area contributed by atoms with Gasteiger partial charge in [0.2, 0.25) is 17.8 Å². The Morgan fingerprint density at radius 2 is 2.03 bits per heavy atom. The summed E-state index contributed by atoms with van der Waals surface area (Å²) in [5.74, 6) is 1.68. The van der Waals surface area contributed by atoms with E-state index in [4.69, 9.17) is 4.74 Å².